The molecule has 0 fully saturated rings. The lowest BCUT2D eigenvalue weighted by molar-refractivity contribution is -0.119. The van der Waals surface area contributed by atoms with E-state index in [2.05, 4.69) is 29.3 Å². The van der Waals surface area contributed by atoms with Crippen molar-refractivity contribution >= 4 is 5.78 Å². The molecule has 0 amide bonds. The predicted molar refractivity (Wildman–Crippen MR) is 64.1 cm³/mol. The van der Waals surface area contributed by atoms with Crippen LogP contribution >= 0.6 is 0 Å². The van der Waals surface area contributed by atoms with Gasteiger partial charge in [0.2, 0.25) is 0 Å². The summed E-state index contributed by atoms with van der Waals surface area (Å²) in [5, 5.41) is 11.5. The van der Waals surface area contributed by atoms with Gasteiger partial charge < -0.3 is 5.73 Å². The Balaban J connectivity index is 2.42. The zero-order chi connectivity index (χ0) is 12.8. The van der Waals surface area contributed by atoms with Crippen LogP contribution < -0.4 is 5.73 Å². The average Bonchev–Trinajstić information content (AvgIpc) is 2.62. The molecule has 0 saturated carbocycles. The molecular weight excluding hydrogens is 218 g/mol. The van der Waals surface area contributed by atoms with E-state index in [1.807, 2.05) is 0 Å². The molecule has 96 valence electrons. The molecule has 0 radical (unpaired) electrons. The van der Waals surface area contributed by atoms with Gasteiger partial charge in [0.25, 0.3) is 0 Å². The highest BCUT2D eigenvalue weighted by atomic mass is 16.1. The van der Waals surface area contributed by atoms with Crippen molar-refractivity contribution in [3.63, 3.8) is 0 Å². The minimum atomic E-state index is 0.133. The van der Waals surface area contributed by atoms with Crippen LogP contribution in [0.3, 0.4) is 0 Å². The Labute approximate surface area is 102 Å². The Bertz CT molecular complexity index is 360. The number of ketones is 1. The van der Waals surface area contributed by atoms with Crippen LogP contribution in [0.1, 0.15) is 32.5 Å². The van der Waals surface area contributed by atoms with Gasteiger partial charge in [-0.15, -0.1) is 10.2 Å². The first-order valence-corrected chi connectivity index (χ1v) is 5.96. The van der Waals surface area contributed by atoms with E-state index in [1.54, 1.807) is 7.05 Å². The fraction of sp³-hybridized carbons (Fsp3) is 0.818. The first-order chi connectivity index (χ1) is 8.01. The predicted octanol–water partition coefficient (Wildman–Crippen LogP) is 0.333. The van der Waals surface area contributed by atoms with Crippen molar-refractivity contribution in [1.82, 2.24) is 20.2 Å². The Morgan fingerprint density at radius 3 is 2.65 bits per heavy atom. The van der Waals surface area contributed by atoms with Crippen molar-refractivity contribution < 1.29 is 4.79 Å². The van der Waals surface area contributed by atoms with Crippen molar-refractivity contribution in [2.45, 2.75) is 33.1 Å². The van der Waals surface area contributed by atoms with Gasteiger partial charge in [0.1, 0.15) is 5.78 Å². The number of hydrogen-bond acceptors (Lipinski definition) is 5. The monoisotopic (exact) mass is 239 g/mol. The fourth-order valence-electron chi connectivity index (χ4n) is 1.89. The summed E-state index contributed by atoms with van der Waals surface area (Å²) < 4.78 is 0. The van der Waals surface area contributed by atoms with Crippen molar-refractivity contribution in [2.24, 2.45) is 24.6 Å². The van der Waals surface area contributed by atoms with Gasteiger partial charge in [0.05, 0.1) is 13.5 Å². The second kappa shape index (κ2) is 6.44. The normalized spacial score (nSPS) is 13.0. The molecule has 1 unspecified atom stereocenters. The lowest BCUT2D eigenvalue weighted by Crippen LogP contribution is -2.21. The van der Waals surface area contributed by atoms with Gasteiger partial charge in [-0.05, 0) is 30.0 Å². The molecule has 1 rings (SSSR count). The maximum atomic E-state index is 11.8. The molecular formula is C11H21N5O. The van der Waals surface area contributed by atoms with Gasteiger partial charge >= 0.3 is 0 Å². The molecule has 2 N–H and O–H groups in total. The molecule has 1 heterocycles. The molecule has 6 nitrogen and oxygen atoms in total. The van der Waals surface area contributed by atoms with Crippen LogP contribution in [0.15, 0.2) is 0 Å². The largest absolute Gasteiger partial charge is 0.330 e. The third kappa shape index (κ3) is 5.04. The summed E-state index contributed by atoms with van der Waals surface area (Å²) in [5.41, 5.74) is 5.67. The van der Waals surface area contributed by atoms with Gasteiger partial charge in [0.15, 0.2) is 5.82 Å². The summed E-state index contributed by atoms with van der Waals surface area (Å²) in [6.45, 7) is 4.83. The smallest absolute Gasteiger partial charge is 0.182 e. The summed E-state index contributed by atoms with van der Waals surface area (Å²) in [6, 6.07) is 0. The van der Waals surface area contributed by atoms with Crippen molar-refractivity contribution in [1.29, 1.82) is 0 Å². The Morgan fingerprint density at radius 1 is 1.47 bits per heavy atom. The van der Waals surface area contributed by atoms with Gasteiger partial charge in [-0.2, -0.15) is 4.80 Å². The van der Waals surface area contributed by atoms with Gasteiger partial charge in [-0.1, -0.05) is 13.8 Å². The van der Waals surface area contributed by atoms with Crippen LogP contribution in [0.5, 0.6) is 0 Å². The van der Waals surface area contributed by atoms with E-state index >= 15 is 0 Å². The minimum Gasteiger partial charge on any atom is -0.330 e. The molecule has 0 saturated heterocycles. The van der Waals surface area contributed by atoms with Crippen molar-refractivity contribution in [3.8, 4) is 0 Å². The number of aryl methyl sites for hydroxylation is 1. The molecule has 0 spiro atoms. The van der Waals surface area contributed by atoms with Crippen LogP contribution in [0.25, 0.3) is 0 Å². The van der Waals surface area contributed by atoms with E-state index in [0.717, 1.165) is 6.42 Å². The highest BCUT2D eigenvalue weighted by Gasteiger charge is 2.16. The van der Waals surface area contributed by atoms with Gasteiger partial charge in [-0.25, -0.2) is 0 Å². The number of tetrazole rings is 1. The third-order valence-electron chi connectivity index (χ3n) is 2.56. The summed E-state index contributed by atoms with van der Waals surface area (Å²) >= 11 is 0. The minimum absolute atomic E-state index is 0.133. The molecule has 1 atom stereocenters. The average molecular weight is 239 g/mol. The zero-order valence-electron chi connectivity index (χ0n) is 10.8. The number of aromatic nitrogens is 4. The van der Waals surface area contributed by atoms with Gasteiger partial charge in [-0.3, -0.25) is 4.79 Å². The van der Waals surface area contributed by atoms with E-state index in [1.165, 1.54) is 4.80 Å². The van der Waals surface area contributed by atoms with Gasteiger partial charge in [0, 0.05) is 6.42 Å². The quantitative estimate of drug-likeness (QED) is 0.741. The van der Waals surface area contributed by atoms with Crippen molar-refractivity contribution in [2.75, 3.05) is 6.54 Å². The maximum absolute atomic E-state index is 11.8. The Morgan fingerprint density at radius 2 is 2.18 bits per heavy atom. The second-order valence-corrected chi connectivity index (χ2v) is 4.85. The molecule has 17 heavy (non-hydrogen) atoms. The molecule has 0 aromatic carbocycles. The van der Waals surface area contributed by atoms with Crippen LogP contribution in [-0.2, 0) is 18.3 Å². The number of hydrogen-bond donors (Lipinski definition) is 1. The van der Waals surface area contributed by atoms with Crippen molar-refractivity contribution in [3.05, 3.63) is 5.82 Å². The number of carbonyl (C=O) groups is 1. The maximum Gasteiger partial charge on any atom is 0.182 e. The third-order valence-corrected chi connectivity index (χ3v) is 2.56. The second-order valence-electron chi connectivity index (χ2n) is 4.85. The standard InChI is InChI=1S/C11H21N5O/c1-8(2)4-9(7-12)5-10(17)6-11-13-15-16(3)14-11/h8-9H,4-7,12H2,1-3H3. The van der Waals surface area contributed by atoms with E-state index in [4.69, 9.17) is 5.73 Å². The number of carbonyl (C=O) groups excluding carboxylic acids is 1. The molecule has 1 aromatic rings. The highest BCUT2D eigenvalue weighted by molar-refractivity contribution is 5.80. The lowest BCUT2D eigenvalue weighted by Gasteiger charge is -2.15. The summed E-state index contributed by atoms with van der Waals surface area (Å²) in [7, 11) is 1.68. The molecule has 1 aromatic heterocycles. The molecule has 0 aliphatic rings. The Kier molecular flexibility index (Phi) is 5.21. The first-order valence-electron chi connectivity index (χ1n) is 5.96. The van der Waals surface area contributed by atoms with E-state index in [0.29, 0.717) is 24.7 Å². The first kappa shape index (κ1) is 13.8. The highest BCUT2D eigenvalue weighted by Crippen LogP contribution is 2.15. The van der Waals surface area contributed by atoms with Crippen LogP contribution in [0.4, 0.5) is 0 Å². The van der Waals surface area contributed by atoms with Crippen LogP contribution in [-0.4, -0.2) is 32.5 Å². The van der Waals surface area contributed by atoms with Crippen LogP contribution in [0, 0.1) is 11.8 Å². The molecule has 0 bridgehead atoms. The summed E-state index contributed by atoms with van der Waals surface area (Å²) in [5.74, 6) is 1.44. The Hall–Kier alpha value is -1.30. The van der Waals surface area contributed by atoms with E-state index in [-0.39, 0.29) is 18.1 Å². The number of rotatable bonds is 7. The zero-order valence-corrected chi connectivity index (χ0v) is 10.8. The van der Waals surface area contributed by atoms with E-state index in [9.17, 15) is 4.79 Å². The fourth-order valence-corrected chi connectivity index (χ4v) is 1.89. The number of nitrogens with two attached hydrogens (primary N) is 1. The topological polar surface area (TPSA) is 86.7 Å². The molecule has 0 aliphatic heterocycles. The number of nitrogens with zero attached hydrogens (tertiary/aromatic N) is 4. The summed E-state index contributed by atoms with van der Waals surface area (Å²) in [4.78, 5) is 13.2. The van der Waals surface area contributed by atoms with E-state index < -0.39 is 0 Å². The number of Topliss-reactive ketones (excluding diaryl/α,β-unsaturated/α-hetero) is 1. The SMILES string of the molecule is CC(C)CC(CN)CC(=O)Cc1nnn(C)n1. The van der Waals surface area contributed by atoms with Crippen LogP contribution in [0.2, 0.25) is 0 Å². The molecule has 0 aliphatic carbocycles. The molecule has 6 heteroatoms. The lowest BCUT2D eigenvalue weighted by atomic mass is 9.92. The summed E-state index contributed by atoms with van der Waals surface area (Å²) in [6.07, 6.45) is 1.74.